The second kappa shape index (κ2) is 6.72. The fourth-order valence-electron chi connectivity index (χ4n) is 1.77. The van der Waals surface area contributed by atoms with Crippen molar-refractivity contribution >= 4 is 11.6 Å². The number of nitrogens with one attached hydrogen (secondary N) is 1. The molecule has 2 aromatic rings. The molecule has 0 saturated heterocycles. The van der Waals surface area contributed by atoms with Crippen molar-refractivity contribution in [1.82, 2.24) is 9.55 Å². The number of aromatic nitrogens is 2. The number of anilines is 1. The minimum atomic E-state index is -0.255. The van der Waals surface area contributed by atoms with E-state index in [1.54, 1.807) is 29.2 Å². The van der Waals surface area contributed by atoms with Crippen molar-refractivity contribution < 1.29 is 9.53 Å². The second-order valence-electron chi connectivity index (χ2n) is 4.20. The van der Waals surface area contributed by atoms with E-state index in [1.807, 2.05) is 19.1 Å². The molecule has 0 fully saturated rings. The largest absolute Gasteiger partial charge is 0.494 e. The van der Waals surface area contributed by atoms with Crippen LogP contribution in [0.3, 0.4) is 0 Å². The van der Waals surface area contributed by atoms with Gasteiger partial charge in [0.05, 0.1) is 12.9 Å². The molecule has 1 amide bonds. The maximum Gasteiger partial charge on any atom is 0.275 e. The molecule has 0 aliphatic heterocycles. The van der Waals surface area contributed by atoms with Gasteiger partial charge in [0.15, 0.2) is 0 Å². The zero-order valence-corrected chi connectivity index (χ0v) is 11.4. The molecule has 0 bridgehead atoms. The van der Waals surface area contributed by atoms with E-state index in [9.17, 15) is 4.79 Å². The summed E-state index contributed by atoms with van der Waals surface area (Å²) in [5.74, 6) is 0.466. The van der Waals surface area contributed by atoms with Crippen molar-refractivity contribution in [3.63, 3.8) is 0 Å². The first-order chi connectivity index (χ1) is 9.72. The Balaban J connectivity index is 2.04. The van der Waals surface area contributed by atoms with E-state index in [4.69, 9.17) is 10.5 Å². The summed E-state index contributed by atoms with van der Waals surface area (Å²) in [5.41, 5.74) is 6.49. The van der Waals surface area contributed by atoms with Gasteiger partial charge in [-0.1, -0.05) is 6.07 Å². The van der Waals surface area contributed by atoms with Crippen LogP contribution in [-0.4, -0.2) is 28.6 Å². The molecule has 1 heterocycles. The Hall–Kier alpha value is -2.34. The molecule has 1 aromatic heterocycles. The Kier molecular flexibility index (Phi) is 4.73. The van der Waals surface area contributed by atoms with Crippen molar-refractivity contribution in [3.8, 4) is 5.75 Å². The summed E-state index contributed by atoms with van der Waals surface area (Å²) >= 11 is 0. The molecular formula is C14H18N4O2. The summed E-state index contributed by atoms with van der Waals surface area (Å²) in [6, 6.07) is 7.25. The van der Waals surface area contributed by atoms with E-state index in [2.05, 4.69) is 10.3 Å². The Morgan fingerprint density at radius 1 is 1.50 bits per heavy atom. The number of hydrogen-bond donors (Lipinski definition) is 2. The number of ether oxygens (including phenoxy) is 1. The van der Waals surface area contributed by atoms with E-state index < -0.39 is 0 Å². The van der Waals surface area contributed by atoms with Crippen LogP contribution in [-0.2, 0) is 6.54 Å². The molecule has 0 spiro atoms. The van der Waals surface area contributed by atoms with Crippen LogP contribution in [0.5, 0.6) is 5.75 Å². The highest BCUT2D eigenvalue weighted by Gasteiger charge is 2.09. The first kappa shape index (κ1) is 14.1. The SMILES string of the molecule is CCOc1cccc(NC(=O)c2cn(CCN)cn2)c1. The molecular weight excluding hydrogens is 256 g/mol. The molecule has 0 saturated carbocycles. The Morgan fingerprint density at radius 2 is 2.35 bits per heavy atom. The van der Waals surface area contributed by atoms with Crippen LogP contribution >= 0.6 is 0 Å². The van der Waals surface area contributed by atoms with E-state index in [-0.39, 0.29) is 5.91 Å². The molecule has 6 nitrogen and oxygen atoms in total. The molecule has 0 aliphatic rings. The van der Waals surface area contributed by atoms with Gasteiger partial charge in [-0.15, -0.1) is 0 Å². The lowest BCUT2D eigenvalue weighted by Crippen LogP contribution is -2.13. The first-order valence-corrected chi connectivity index (χ1v) is 6.49. The maximum absolute atomic E-state index is 12.0. The summed E-state index contributed by atoms with van der Waals surface area (Å²) in [7, 11) is 0. The summed E-state index contributed by atoms with van der Waals surface area (Å²) < 4.78 is 7.17. The highest BCUT2D eigenvalue weighted by atomic mass is 16.5. The van der Waals surface area contributed by atoms with Gasteiger partial charge in [0.2, 0.25) is 0 Å². The van der Waals surface area contributed by atoms with Crippen LogP contribution in [0.1, 0.15) is 17.4 Å². The minimum absolute atomic E-state index is 0.255. The van der Waals surface area contributed by atoms with E-state index in [0.29, 0.717) is 31.1 Å². The van der Waals surface area contributed by atoms with Gasteiger partial charge in [-0.05, 0) is 19.1 Å². The predicted octanol–water partition coefficient (Wildman–Crippen LogP) is 1.49. The normalized spacial score (nSPS) is 10.3. The number of imidazole rings is 1. The summed E-state index contributed by atoms with van der Waals surface area (Å²) in [4.78, 5) is 16.1. The van der Waals surface area contributed by atoms with E-state index >= 15 is 0 Å². The number of carbonyl (C=O) groups excluding carboxylic acids is 1. The lowest BCUT2D eigenvalue weighted by molar-refractivity contribution is 0.102. The highest BCUT2D eigenvalue weighted by molar-refractivity contribution is 6.02. The van der Waals surface area contributed by atoms with Gasteiger partial charge >= 0.3 is 0 Å². The zero-order chi connectivity index (χ0) is 14.4. The van der Waals surface area contributed by atoms with Crippen molar-refractivity contribution in [1.29, 1.82) is 0 Å². The predicted molar refractivity (Wildman–Crippen MR) is 76.8 cm³/mol. The van der Waals surface area contributed by atoms with Crippen LogP contribution < -0.4 is 15.8 Å². The Morgan fingerprint density at radius 3 is 3.10 bits per heavy atom. The standard InChI is InChI=1S/C14H18N4O2/c1-2-20-12-5-3-4-11(8-12)17-14(19)13-9-18(7-6-15)10-16-13/h3-5,8-10H,2,6-7,15H2,1H3,(H,17,19). The molecule has 2 rings (SSSR count). The molecule has 20 heavy (non-hydrogen) atoms. The second-order valence-corrected chi connectivity index (χ2v) is 4.20. The average Bonchev–Trinajstić information content (AvgIpc) is 2.89. The zero-order valence-electron chi connectivity index (χ0n) is 11.4. The molecule has 1 aromatic carbocycles. The topological polar surface area (TPSA) is 82.2 Å². The maximum atomic E-state index is 12.0. The fraction of sp³-hybridized carbons (Fsp3) is 0.286. The van der Waals surface area contributed by atoms with Crippen molar-refractivity contribution in [2.75, 3.05) is 18.5 Å². The molecule has 6 heteroatoms. The minimum Gasteiger partial charge on any atom is -0.494 e. The molecule has 3 N–H and O–H groups in total. The van der Waals surface area contributed by atoms with E-state index in [1.165, 1.54) is 0 Å². The Labute approximate surface area is 117 Å². The van der Waals surface area contributed by atoms with Crippen LogP contribution in [0.25, 0.3) is 0 Å². The van der Waals surface area contributed by atoms with Gasteiger partial charge < -0.3 is 20.4 Å². The van der Waals surface area contributed by atoms with Gasteiger partial charge in [0.1, 0.15) is 11.4 Å². The lowest BCUT2D eigenvalue weighted by Gasteiger charge is -2.06. The summed E-state index contributed by atoms with van der Waals surface area (Å²) in [5, 5.41) is 2.79. The van der Waals surface area contributed by atoms with Gasteiger partial charge in [-0.2, -0.15) is 0 Å². The molecule has 106 valence electrons. The third-order valence-corrected chi connectivity index (χ3v) is 2.66. The molecule has 0 radical (unpaired) electrons. The molecule has 0 unspecified atom stereocenters. The fourth-order valence-corrected chi connectivity index (χ4v) is 1.77. The Bertz CT molecular complexity index is 580. The van der Waals surface area contributed by atoms with Gasteiger partial charge in [0.25, 0.3) is 5.91 Å². The van der Waals surface area contributed by atoms with Crippen molar-refractivity contribution in [2.24, 2.45) is 5.73 Å². The lowest BCUT2D eigenvalue weighted by atomic mass is 10.3. The number of rotatable bonds is 6. The van der Waals surface area contributed by atoms with Crippen LogP contribution in [0.4, 0.5) is 5.69 Å². The number of nitrogens with two attached hydrogens (primary N) is 1. The average molecular weight is 274 g/mol. The smallest absolute Gasteiger partial charge is 0.275 e. The molecule has 0 aliphatic carbocycles. The number of hydrogen-bond acceptors (Lipinski definition) is 4. The third kappa shape index (κ3) is 3.58. The van der Waals surface area contributed by atoms with Crippen molar-refractivity contribution in [3.05, 3.63) is 42.5 Å². The van der Waals surface area contributed by atoms with Gasteiger partial charge in [-0.3, -0.25) is 4.79 Å². The van der Waals surface area contributed by atoms with Gasteiger partial charge in [-0.25, -0.2) is 4.98 Å². The monoisotopic (exact) mass is 274 g/mol. The number of nitrogens with zero attached hydrogens (tertiary/aromatic N) is 2. The number of carbonyl (C=O) groups is 1. The van der Waals surface area contributed by atoms with Gasteiger partial charge in [0, 0.05) is 31.0 Å². The molecule has 0 atom stereocenters. The quantitative estimate of drug-likeness (QED) is 0.836. The highest BCUT2D eigenvalue weighted by Crippen LogP contribution is 2.17. The third-order valence-electron chi connectivity index (χ3n) is 2.66. The van der Waals surface area contributed by atoms with Crippen LogP contribution in [0.2, 0.25) is 0 Å². The van der Waals surface area contributed by atoms with E-state index in [0.717, 1.165) is 5.75 Å². The first-order valence-electron chi connectivity index (χ1n) is 6.49. The summed E-state index contributed by atoms with van der Waals surface area (Å²) in [6.07, 6.45) is 3.27. The summed E-state index contributed by atoms with van der Waals surface area (Å²) in [6.45, 7) is 3.64. The van der Waals surface area contributed by atoms with Crippen LogP contribution in [0, 0.1) is 0 Å². The number of amides is 1. The van der Waals surface area contributed by atoms with Crippen LogP contribution in [0.15, 0.2) is 36.8 Å². The van der Waals surface area contributed by atoms with Crippen molar-refractivity contribution in [2.45, 2.75) is 13.5 Å². The number of benzene rings is 1.